The van der Waals surface area contributed by atoms with E-state index in [0.717, 1.165) is 19.3 Å². The number of nitrogens with two attached hydrogens (primary N) is 1. The zero-order valence-electron chi connectivity index (χ0n) is 16.9. The maximum absolute atomic E-state index is 14.6. The van der Waals surface area contributed by atoms with Crippen molar-refractivity contribution in [1.82, 2.24) is 9.97 Å². The van der Waals surface area contributed by atoms with E-state index in [0.29, 0.717) is 35.8 Å². The van der Waals surface area contributed by atoms with Crippen LogP contribution in [0.3, 0.4) is 0 Å². The van der Waals surface area contributed by atoms with E-state index in [1.807, 2.05) is 6.07 Å². The second-order valence-electron chi connectivity index (χ2n) is 7.82. The van der Waals surface area contributed by atoms with Crippen LogP contribution in [-0.4, -0.2) is 34.9 Å². The highest BCUT2D eigenvalue weighted by Gasteiger charge is 2.24. The first-order valence-corrected chi connectivity index (χ1v) is 10.3. The van der Waals surface area contributed by atoms with E-state index >= 15 is 0 Å². The molecule has 1 atom stereocenters. The number of aryl methyl sites for hydroxylation is 1. The van der Waals surface area contributed by atoms with Crippen LogP contribution in [0.1, 0.15) is 28.7 Å². The SMILES string of the molecule is N=C(c1cc(F)c2c(c1)NCCO2)c1c(N)ncnc1NC1CCc2ccccc2C1. The van der Waals surface area contributed by atoms with E-state index in [2.05, 4.69) is 38.8 Å². The molecule has 0 saturated carbocycles. The smallest absolute Gasteiger partial charge is 0.178 e. The van der Waals surface area contributed by atoms with E-state index in [-0.39, 0.29) is 23.3 Å². The van der Waals surface area contributed by atoms with Crippen LogP contribution in [0.2, 0.25) is 0 Å². The number of benzene rings is 2. The lowest BCUT2D eigenvalue weighted by atomic mass is 9.88. The van der Waals surface area contributed by atoms with Gasteiger partial charge in [0.2, 0.25) is 0 Å². The lowest BCUT2D eigenvalue weighted by Crippen LogP contribution is -2.29. The summed E-state index contributed by atoms with van der Waals surface area (Å²) in [5.74, 6) is 0.336. The summed E-state index contributed by atoms with van der Waals surface area (Å²) < 4.78 is 20.0. The van der Waals surface area contributed by atoms with Crippen molar-refractivity contribution in [3.63, 3.8) is 0 Å². The van der Waals surface area contributed by atoms with Gasteiger partial charge in [-0.3, -0.25) is 5.41 Å². The number of fused-ring (bicyclic) bond motifs is 2. The van der Waals surface area contributed by atoms with Crippen molar-refractivity contribution in [3.8, 4) is 5.75 Å². The van der Waals surface area contributed by atoms with Crippen molar-refractivity contribution < 1.29 is 9.13 Å². The van der Waals surface area contributed by atoms with Gasteiger partial charge in [0.25, 0.3) is 0 Å². The standard InChI is InChI=1S/C23H23FN6O/c24-17-10-15(11-18-21(17)31-8-7-27-18)20(25)19-22(26)28-12-29-23(19)30-16-6-5-13-3-1-2-4-14(13)9-16/h1-4,10-12,16,25,27H,5-9H2,(H3,26,28,29,30). The Labute approximate surface area is 179 Å². The molecule has 2 heterocycles. The maximum Gasteiger partial charge on any atom is 0.178 e. The molecule has 0 saturated heterocycles. The van der Waals surface area contributed by atoms with Gasteiger partial charge in [0.05, 0.1) is 17.0 Å². The Hall–Kier alpha value is -3.68. The summed E-state index contributed by atoms with van der Waals surface area (Å²) >= 11 is 0. The molecule has 0 spiro atoms. The molecule has 0 fully saturated rings. The van der Waals surface area contributed by atoms with E-state index in [9.17, 15) is 4.39 Å². The van der Waals surface area contributed by atoms with Crippen LogP contribution < -0.4 is 21.1 Å². The fraction of sp³-hybridized carbons (Fsp3) is 0.261. The number of nitrogen functional groups attached to an aromatic ring is 1. The Balaban J connectivity index is 1.45. The average molecular weight is 418 g/mol. The number of nitrogens with one attached hydrogen (secondary N) is 3. The molecule has 1 aliphatic carbocycles. The fourth-order valence-electron chi connectivity index (χ4n) is 4.27. The highest BCUT2D eigenvalue weighted by molar-refractivity contribution is 6.16. The molecule has 5 N–H and O–H groups in total. The minimum Gasteiger partial charge on any atom is -0.486 e. The lowest BCUT2D eigenvalue weighted by molar-refractivity contribution is 0.306. The number of anilines is 3. The van der Waals surface area contributed by atoms with Gasteiger partial charge in [0.1, 0.15) is 24.6 Å². The summed E-state index contributed by atoms with van der Waals surface area (Å²) in [6.45, 7) is 0.981. The van der Waals surface area contributed by atoms with E-state index in [1.165, 1.54) is 23.5 Å². The van der Waals surface area contributed by atoms with Crippen LogP contribution in [0.4, 0.5) is 21.7 Å². The molecule has 158 valence electrons. The molecule has 2 aromatic carbocycles. The summed E-state index contributed by atoms with van der Waals surface area (Å²) in [6, 6.07) is 11.6. The zero-order chi connectivity index (χ0) is 21.4. The fourth-order valence-corrected chi connectivity index (χ4v) is 4.27. The van der Waals surface area contributed by atoms with E-state index in [1.54, 1.807) is 6.07 Å². The summed E-state index contributed by atoms with van der Waals surface area (Å²) in [7, 11) is 0. The van der Waals surface area contributed by atoms with Crippen LogP contribution in [0.15, 0.2) is 42.7 Å². The van der Waals surface area contributed by atoms with Crippen molar-refractivity contribution in [2.24, 2.45) is 0 Å². The minimum atomic E-state index is -0.515. The van der Waals surface area contributed by atoms with Gasteiger partial charge in [-0.2, -0.15) is 0 Å². The van der Waals surface area contributed by atoms with Crippen LogP contribution in [0.5, 0.6) is 5.75 Å². The van der Waals surface area contributed by atoms with Crippen molar-refractivity contribution in [2.45, 2.75) is 25.3 Å². The largest absolute Gasteiger partial charge is 0.486 e. The molecule has 8 heteroatoms. The number of ether oxygens (including phenoxy) is 1. The first-order chi connectivity index (χ1) is 15.1. The average Bonchev–Trinajstić information content (AvgIpc) is 2.79. The Morgan fingerprint density at radius 1 is 1.23 bits per heavy atom. The van der Waals surface area contributed by atoms with Crippen LogP contribution in [-0.2, 0) is 12.8 Å². The third kappa shape index (κ3) is 3.65. The molecule has 1 aromatic heterocycles. The molecular formula is C23H23FN6O. The second-order valence-corrected chi connectivity index (χ2v) is 7.82. The summed E-state index contributed by atoms with van der Waals surface area (Å²) in [5, 5.41) is 15.3. The zero-order valence-corrected chi connectivity index (χ0v) is 16.9. The Morgan fingerprint density at radius 2 is 2.06 bits per heavy atom. The number of hydrogen-bond donors (Lipinski definition) is 4. The number of nitrogens with zero attached hydrogens (tertiary/aromatic N) is 2. The quantitative estimate of drug-likeness (QED) is 0.484. The molecule has 0 bridgehead atoms. The Morgan fingerprint density at radius 3 is 2.94 bits per heavy atom. The van der Waals surface area contributed by atoms with Gasteiger partial charge in [-0.15, -0.1) is 0 Å². The van der Waals surface area contributed by atoms with Gasteiger partial charge >= 0.3 is 0 Å². The molecule has 7 nitrogen and oxygen atoms in total. The highest BCUT2D eigenvalue weighted by Crippen LogP contribution is 2.34. The Bertz CT molecular complexity index is 1160. The van der Waals surface area contributed by atoms with Crippen molar-refractivity contribution in [3.05, 3.63) is 70.8 Å². The topological polar surface area (TPSA) is 109 Å². The number of rotatable bonds is 4. The molecule has 1 aliphatic heterocycles. The number of halogens is 1. The summed E-state index contributed by atoms with van der Waals surface area (Å²) in [6.07, 6.45) is 4.17. The monoisotopic (exact) mass is 418 g/mol. The predicted molar refractivity (Wildman–Crippen MR) is 119 cm³/mol. The highest BCUT2D eigenvalue weighted by atomic mass is 19.1. The first-order valence-electron chi connectivity index (χ1n) is 10.3. The summed E-state index contributed by atoms with van der Waals surface area (Å²) in [5.41, 5.74) is 10.2. The molecule has 0 radical (unpaired) electrons. The predicted octanol–water partition coefficient (Wildman–Crippen LogP) is 3.39. The number of hydrogen-bond acceptors (Lipinski definition) is 7. The molecule has 0 amide bonds. The van der Waals surface area contributed by atoms with Gasteiger partial charge in [-0.05, 0) is 42.5 Å². The second kappa shape index (κ2) is 7.86. The van der Waals surface area contributed by atoms with Crippen LogP contribution in [0.25, 0.3) is 0 Å². The third-order valence-corrected chi connectivity index (χ3v) is 5.81. The van der Waals surface area contributed by atoms with E-state index < -0.39 is 5.82 Å². The Kier molecular flexibility index (Phi) is 4.89. The molecule has 31 heavy (non-hydrogen) atoms. The molecule has 3 aromatic rings. The van der Waals surface area contributed by atoms with Gasteiger partial charge in [-0.1, -0.05) is 24.3 Å². The number of aromatic nitrogens is 2. The normalized spacial score (nSPS) is 17.0. The third-order valence-electron chi connectivity index (χ3n) is 5.81. The lowest BCUT2D eigenvalue weighted by Gasteiger charge is -2.27. The van der Waals surface area contributed by atoms with Crippen molar-refractivity contribution >= 4 is 23.0 Å². The van der Waals surface area contributed by atoms with Gasteiger partial charge in [-0.25, -0.2) is 14.4 Å². The molecule has 5 rings (SSSR count). The first kappa shape index (κ1) is 19.3. The maximum atomic E-state index is 14.6. The van der Waals surface area contributed by atoms with Gasteiger partial charge < -0.3 is 21.1 Å². The van der Waals surface area contributed by atoms with Crippen molar-refractivity contribution in [1.29, 1.82) is 5.41 Å². The molecule has 2 aliphatic rings. The van der Waals surface area contributed by atoms with Crippen molar-refractivity contribution in [2.75, 3.05) is 29.5 Å². The molecule has 1 unspecified atom stereocenters. The van der Waals surface area contributed by atoms with E-state index in [4.69, 9.17) is 15.9 Å². The van der Waals surface area contributed by atoms with Gasteiger partial charge in [0, 0.05) is 18.2 Å². The molecular weight excluding hydrogens is 395 g/mol. The minimum absolute atomic E-state index is 0.0610. The summed E-state index contributed by atoms with van der Waals surface area (Å²) in [4.78, 5) is 8.45. The van der Waals surface area contributed by atoms with Crippen LogP contribution in [0, 0.1) is 11.2 Å². The van der Waals surface area contributed by atoms with Gasteiger partial charge in [0.15, 0.2) is 11.6 Å². The van der Waals surface area contributed by atoms with Crippen LogP contribution >= 0.6 is 0 Å².